The quantitative estimate of drug-likeness (QED) is 0.784. The lowest BCUT2D eigenvalue weighted by Crippen LogP contribution is -2.19. The number of rotatable bonds is 2. The fourth-order valence-electron chi connectivity index (χ4n) is 1.84. The standard InChI is InChI=1S/C13H20O2/c1-8(2)10-7-6-9(3)12(14)11(10)13(4,5)15/h6-8,14-15H,1-5H3. The first kappa shape index (κ1) is 12.1. The van der Waals surface area contributed by atoms with Gasteiger partial charge in [0.05, 0.1) is 5.60 Å². The summed E-state index contributed by atoms with van der Waals surface area (Å²) in [5.41, 5.74) is 1.45. The Hall–Kier alpha value is -1.02. The van der Waals surface area contributed by atoms with Gasteiger partial charge in [0.2, 0.25) is 0 Å². The molecule has 15 heavy (non-hydrogen) atoms. The van der Waals surface area contributed by atoms with Crippen molar-refractivity contribution in [3.63, 3.8) is 0 Å². The van der Waals surface area contributed by atoms with E-state index < -0.39 is 5.60 Å². The van der Waals surface area contributed by atoms with E-state index in [0.717, 1.165) is 11.1 Å². The van der Waals surface area contributed by atoms with Crippen LogP contribution in [0.15, 0.2) is 12.1 Å². The lowest BCUT2D eigenvalue weighted by Gasteiger charge is -2.25. The Balaban J connectivity index is 3.49. The minimum absolute atomic E-state index is 0.216. The van der Waals surface area contributed by atoms with E-state index in [2.05, 4.69) is 13.8 Å². The molecule has 0 amide bonds. The molecule has 2 N–H and O–H groups in total. The minimum Gasteiger partial charge on any atom is -0.507 e. The predicted octanol–water partition coefficient (Wildman–Crippen LogP) is 3.05. The molecule has 0 fully saturated rings. The molecule has 2 heteroatoms. The Morgan fingerprint density at radius 1 is 1.20 bits per heavy atom. The van der Waals surface area contributed by atoms with Gasteiger partial charge in [0, 0.05) is 5.56 Å². The van der Waals surface area contributed by atoms with Crippen molar-refractivity contribution in [3.05, 3.63) is 28.8 Å². The lowest BCUT2D eigenvalue weighted by molar-refractivity contribution is 0.0744. The first-order chi connectivity index (χ1) is 6.75. The maximum absolute atomic E-state index is 10.1. The van der Waals surface area contributed by atoms with E-state index in [0.29, 0.717) is 5.56 Å². The summed E-state index contributed by atoms with van der Waals surface area (Å²) in [6.07, 6.45) is 0. The summed E-state index contributed by atoms with van der Waals surface area (Å²) in [5.74, 6) is 0.506. The Morgan fingerprint density at radius 2 is 1.73 bits per heavy atom. The highest BCUT2D eigenvalue weighted by molar-refractivity contribution is 5.48. The van der Waals surface area contributed by atoms with Crippen LogP contribution in [-0.4, -0.2) is 10.2 Å². The van der Waals surface area contributed by atoms with Crippen molar-refractivity contribution >= 4 is 0 Å². The molecule has 1 aromatic carbocycles. The molecular weight excluding hydrogens is 188 g/mol. The van der Waals surface area contributed by atoms with Crippen LogP contribution < -0.4 is 0 Å². The van der Waals surface area contributed by atoms with Crippen molar-refractivity contribution in [3.8, 4) is 5.75 Å². The van der Waals surface area contributed by atoms with Crippen molar-refractivity contribution in [2.45, 2.75) is 46.1 Å². The van der Waals surface area contributed by atoms with Gasteiger partial charge in [0.15, 0.2) is 0 Å². The molecule has 84 valence electrons. The van der Waals surface area contributed by atoms with Crippen LogP contribution in [0.4, 0.5) is 0 Å². The molecule has 0 saturated carbocycles. The number of phenolic OH excluding ortho intramolecular Hbond substituents is 1. The number of aromatic hydroxyl groups is 1. The van der Waals surface area contributed by atoms with Crippen molar-refractivity contribution in [1.82, 2.24) is 0 Å². The zero-order valence-electron chi connectivity index (χ0n) is 10.1. The fourth-order valence-corrected chi connectivity index (χ4v) is 1.84. The van der Waals surface area contributed by atoms with Gasteiger partial charge in [-0.2, -0.15) is 0 Å². The van der Waals surface area contributed by atoms with Crippen LogP contribution in [0.25, 0.3) is 0 Å². The van der Waals surface area contributed by atoms with Gasteiger partial charge in [-0.1, -0.05) is 26.0 Å². The van der Waals surface area contributed by atoms with Gasteiger partial charge in [-0.25, -0.2) is 0 Å². The van der Waals surface area contributed by atoms with Gasteiger partial charge in [-0.3, -0.25) is 0 Å². The number of aliphatic hydroxyl groups is 1. The van der Waals surface area contributed by atoms with E-state index in [1.807, 2.05) is 19.1 Å². The molecule has 0 saturated heterocycles. The normalized spacial score (nSPS) is 12.2. The summed E-state index contributed by atoms with van der Waals surface area (Å²) in [4.78, 5) is 0. The van der Waals surface area contributed by atoms with E-state index >= 15 is 0 Å². The molecule has 1 rings (SSSR count). The van der Waals surface area contributed by atoms with Gasteiger partial charge in [0.25, 0.3) is 0 Å². The summed E-state index contributed by atoms with van der Waals surface area (Å²) < 4.78 is 0. The summed E-state index contributed by atoms with van der Waals surface area (Å²) in [7, 11) is 0. The first-order valence-corrected chi connectivity index (χ1v) is 5.30. The van der Waals surface area contributed by atoms with Gasteiger partial charge in [0.1, 0.15) is 5.75 Å². The number of hydrogen-bond acceptors (Lipinski definition) is 2. The van der Waals surface area contributed by atoms with E-state index in [4.69, 9.17) is 0 Å². The second-order valence-corrected chi connectivity index (χ2v) is 4.91. The summed E-state index contributed by atoms with van der Waals surface area (Å²) in [6.45, 7) is 9.36. The Kier molecular flexibility index (Phi) is 3.10. The summed E-state index contributed by atoms with van der Waals surface area (Å²) in [6, 6.07) is 3.87. The van der Waals surface area contributed by atoms with E-state index in [-0.39, 0.29) is 11.7 Å². The Labute approximate surface area is 91.6 Å². The Morgan fingerprint density at radius 3 is 2.13 bits per heavy atom. The Bertz CT molecular complexity index is 360. The molecule has 0 heterocycles. The molecule has 0 aliphatic heterocycles. The molecule has 0 aromatic heterocycles. The molecule has 0 aliphatic carbocycles. The molecule has 1 aromatic rings. The number of phenols is 1. The van der Waals surface area contributed by atoms with Crippen LogP contribution in [0, 0.1) is 6.92 Å². The summed E-state index contributed by atoms with van der Waals surface area (Å²) in [5, 5.41) is 20.1. The van der Waals surface area contributed by atoms with Crippen molar-refractivity contribution in [2.75, 3.05) is 0 Å². The topological polar surface area (TPSA) is 40.5 Å². The average Bonchev–Trinajstić information content (AvgIpc) is 2.06. The maximum atomic E-state index is 10.1. The maximum Gasteiger partial charge on any atom is 0.124 e. The second kappa shape index (κ2) is 3.86. The summed E-state index contributed by atoms with van der Waals surface area (Å²) >= 11 is 0. The number of hydrogen-bond donors (Lipinski definition) is 2. The monoisotopic (exact) mass is 208 g/mol. The van der Waals surface area contributed by atoms with Crippen molar-refractivity contribution < 1.29 is 10.2 Å². The van der Waals surface area contributed by atoms with Crippen LogP contribution in [0.3, 0.4) is 0 Å². The van der Waals surface area contributed by atoms with Crippen LogP contribution >= 0.6 is 0 Å². The van der Waals surface area contributed by atoms with Gasteiger partial charge >= 0.3 is 0 Å². The largest absolute Gasteiger partial charge is 0.507 e. The van der Waals surface area contributed by atoms with E-state index in [9.17, 15) is 10.2 Å². The molecule has 0 spiro atoms. The molecule has 0 bridgehead atoms. The molecular formula is C13H20O2. The third kappa shape index (κ3) is 2.32. The average molecular weight is 208 g/mol. The zero-order chi connectivity index (χ0) is 11.8. The zero-order valence-corrected chi connectivity index (χ0v) is 10.1. The first-order valence-electron chi connectivity index (χ1n) is 5.30. The fraction of sp³-hybridized carbons (Fsp3) is 0.538. The molecule has 0 unspecified atom stereocenters. The van der Waals surface area contributed by atoms with Crippen LogP contribution in [0.1, 0.15) is 50.3 Å². The highest BCUT2D eigenvalue weighted by Crippen LogP contribution is 2.37. The third-order valence-corrected chi connectivity index (χ3v) is 2.65. The minimum atomic E-state index is -1.00. The molecule has 0 aliphatic rings. The SMILES string of the molecule is Cc1ccc(C(C)C)c(C(C)(C)O)c1O. The van der Waals surface area contributed by atoms with Gasteiger partial charge < -0.3 is 10.2 Å². The highest BCUT2D eigenvalue weighted by Gasteiger charge is 2.25. The van der Waals surface area contributed by atoms with Crippen molar-refractivity contribution in [2.24, 2.45) is 0 Å². The lowest BCUT2D eigenvalue weighted by atomic mass is 9.86. The van der Waals surface area contributed by atoms with E-state index in [1.54, 1.807) is 13.8 Å². The predicted molar refractivity (Wildman–Crippen MR) is 62.2 cm³/mol. The van der Waals surface area contributed by atoms with Crippen molar-refractivity contribution in [1.29, 1.82) is 0 Å². The number of benzene rings is 1. The van der Waals surface area contributed by atoms with Crippen LogP contribution in [-0.2, 0) is 5.60 Å². The smallest absolute Gasteiger partial charge is 0.124 e. The van der Waals surface area contributed by atoms with E-state index in [1.165, 1.54) is 0 Å². The van der Waals surface area contributed by atoms with Crippen LogP contribution in [0.2, 0.25) is 0 Å². The molecule has 0 atom stereocenters. The van der Waals surface area contributed by atoms with Gasteiger partial charge in [-0.05, 0) is 37.8 Å². The molecule has 0 radical (unpaired) electrons. The van der Waals surface area contributed by atoms with Gasteiger partial charge in [-0.15, -0.1) is 0 Å². The third-order valence-electron chi connectivity index (χ3n) is 2.65. The highest BCUT2D eigenvalue weighted by atomic mass is 16.3. The number of aryl methyl sites for hydroxylation is 1. The van der Waals surface area contributed by atoms with Crippen LogP contribution in [0.5, 0.6) is 5.75 Å². The second-order valence-electron chi connectivity index (χ2n) is 4.91. The molecule has 2 nitrogen and oxygen atoms in total.